The van der Waals surface area contributed by atoms with Gasteiger partial charge in [-0.2, -0.15) is 12.5 Å². The molecule has 1 unspecified atom stereocenters. The maximum absolute atomic E-state index is 11.2. The van der Waals surface area contributed by atoms with Crippen molar-refractivity contribution in [3.8, 4) is 0 Å². The van der Waals surface area contributed by atoms with Crippen LogP contribution in [0.25, 0.3) is 0 Å². The van der Waals surface area contributed by atoms with Crippen LogP contribution in [-0.4, -0.2) is 45.6 Å². The van der Waals surface area contributed by atoms with Crippen LogP contribution in [0.4, 0.5) is 4.79 Å². The second-order valence-corrected chi connectivity index (χ2v) is 8.10. The van der Waals surface area contributed by atoms with Crippen LogP contribution in [0.2, 0.25) is 0 Å². The fourth-order valence-electron chi connectivity index (χ4n) is 2.40. The van der Waals surface area contributed by atoms with Gasteiger partial charge in [-0.15, -0.1) is 0 Å². The Hall–Kier alpha value is -1.24. The first-order valence-electron chi connectivity index (χ1n) is 12.0. The second kappa shape index (κ2) is 25.4. The van der Waals surface area contributed by atoms with Crippen molar-refractivity contribution in [2.75, 3.05) is 5.75 Å². The molecule has 2 fully saturated rings. The minimum atomic E-state index is -0.556. The number of hydrogen-bond donors (Lipinski definition) is 3. The number of imide groups is 2. The number of rotatable bonds is 3. The van der Waals surface area contributed by atoms with Gasteiger partial charge in [0.2, 0.25) is 17.7 Å². The first kappa shape index (κ1) is 39.3. The molecule has 1 aromatic rings. The number of piperidine rings is 2. The molecule has 3 heterocycles. The molecule has 1 aromatic heterocycles. The van der Waals surface area contributed by atoms with Crippen LogP contribution in [-0.2, 0) is 19.2 Å². The van der Waals surface area contributed by atoms with Gasteiger partial charge in [-0.25, -0.2) is 12.1 Å². The van der Waals surface area contributed by atoms with E-state index >= 15 is 0 Å². The number of aromatic nitrogens is 1. The standard InChI is InChI=1S/C8H12N2O3S.C8H10N.C5H6NO2.2C2H6.K/c1-2-14-8(13)9-5-3-4-6(11)10-7(5)12;1-7(2)8-5-3-4-6-9-8;7-4-2-1-3-5(8)6-4;2*1-2;/h5H,2-4H2,1H3,(H,9,13)(H,10,11,12);3,5-7H,1-2H3;2H,1,3H2,(H,6,7,8);2*1-2H3;/q;2*-1;;;+1. The summed E-state index contributed by atoms with van der Waals surface area (Å²) in [7, 11) is 0. The van der Waals surface area contributed by atoms with Gasteiger partial charge in [0, 0.05) is 12.8 Å². The van der Waals surface area contributed by atoms with Crippen LogP contribution in [0.3, 0.4) is 0 Å². The SMILES string of the molecule is CC.CC.CC(C)c1cc[c-]cn1.CCSC(=O)NC1CCC(=O)NC1=O.O=C1[CH-]CCC(=O)N1.[K+]. The van der Waals surface area contributed by atoms with E-state index in [1.165, 1.54) is 6.42 Å². The molecule has 36 heavy (non-hydrogen) atoms. The molecule has 11 heteroatoms. The van der Waals surface area contributed by atoms with Gasteiger partial charge in [0.1, 0.15) is 6.04 Å². The average molecular weight is 548 g/mol. The maximum atomic E-state index is 11.2. The fourth-order valence-corrected chi connectivity index (χ4v) is 2.89. The summed E-state index contributed by atoms with van der Waals surface area (Å²) in [6.45, 7) is 14.1. The summed E-state index contributed by atoms with van der Waals surface area (Å²) >= 11 is 1.11. The predicted octanol–water partition coefficient (Wildman–Crippen LogP) is 0.943. The minimum absolute atomic E-state index is 0. The monoisotopic (exact) mass is 547 g/mol. The van der Waals surface area contributed by atoms with Crippen LogP contribution in [0.15, 0.2) is 18.3 Å². The second-order valence-electron chi connectivity index (χ2n) is 6.86. The van der Waals surface area contributed by atoms with Gasteiger partial charge in [-0.1, -0.05) is 66.4 Å². The molecule has 3 N–H and O–H groups in total. The Morgan fingerprint density at radius 2 is 1.75 bits per heavy atom. The van der Waals surface area contributed by atoms with E-state index in [1.807, 2.05) is 46.8 Å². The van der Waals surface area contributed by atoms with Gasteiger partial charge in [-0.3, -0.25) is 24.5 Å². The Morgan fingerprint density at radius 1 is 1.14 bits per heavy atom. The third kappa shape index (κ3) is 19.9. The van der Waals surface area contributed by atoms with Crippen LogP contribution in [0.5, 0.6) is 0 Å². The molecule has 2 aliphatic rings. The molecule has 0 aliphatic carbocycles. The molecule has 198 valence electrons. The van der Waals surface area contributed by atoms with Crippen molar-refractivity contribution in [2.24, 2.45) is 0 Å². The van der Waals surface area contributed by atoms with Crippen molar-refractivity contribution in [3.63, 3.8) is 0 Å². The Labute approximate surface area is 262 Å². The molecule has 9 nitrogen and oxygen atoms in total. The Balaban J connectivity index is -0.000000434. The van der Waals surface area contributed by atoms with E-state index in [1.54, 1.807) is 6.20 Å². The molecule has 0 bridgehead atoms. The van der Waals surface area contributed by atoms with Crippen LogP contribution in [0.1, 0.15) is 85.8 Å². The van der Waals surface area contributed by atoms with Crippen molar-refractivity contribution in [1.29, 1.82) is 0 Å². The topological polar surface area (TPSA) is 134 Å². The Kier molecular flexibility index (Phi) is 27.7. The van der Waals surface area contributed by atoms with E-state index in [2.05, 4.69) is 40.8 Å². The summed E-state index contributed by atoms with van der Waals surface area (Å²) in [6, 6.07) is 6.20. The van der Waals surface area contributed by atoms with Crippen molar-refractivity contribution >= 4 is 40.6 Å². The summed E-state index contributed by atoms with van der Waals surface area (Å²) in [4.78, 5) is 57.8. The first-order chi connectivity index (χ1) is 16.7. The van der Waals surface area contributed by atoms with Crippen LogP contribution >= 0.6 is 11.8 Å². The molecular formula is C25H40KN4O5S-. The molecule has 2 saturated heterocycles. The molecule has 0 spiro atoms. The summed E-state index contributed by atoms with van der Waals surface area (Å²) in [5.74, 6) is 0.0762. The smallest absolute Gasteiger partial charge is 0.335 e. The summed E-state index contributed by atoms with van der Waals surface area (Å²) < 4.78 is 0. The normalized spacial score (nSPS) is 15.6. The average Bonchev–Trinajstić information content (AvgIpc) is 2.85. The molecule has 0 radical (unpaired) electrons. The molecule has 1 atom stereocenters. The van der Waals surface area contributed by atoms with Gasteiger partial charge >= 0.3 is 51.4 Å². The van der Waals surface area contributed by atoms with Gasteiger partial charge < -0.3 is 26.8 Å². The van der Waals surface area contributed by atoms with E-state index in [0.717, 1.165) is 17.5 Å². The van der Waals surface area contributed by atoms with Gasteiger partial charge in [-0.05, 0) is 23.8 Å². The number of nitrogens with one attached hydrogen (secondary N) is 3. The Morgan fingerprint density at radius 3 is 2.14 bits per heavy atom. The number of thioether (sulfide) groups is 1. The van der Waals surface area contributed by atoms with Crippen LogP contribution in [0, 0.1) is 12.5 Å². The van der Waals surface area contributed by atoms with Crippen molar-refractivity contribution in [2.45, 2.75) is 86.1 Å². The molecule has 5 amide bonds. The van der Waals surface area contributed by atoms with E-state index in [4.69, 9.17) is 0 Å². The zero-order chi connectivity index (χ0) is 27.2. The number of nitrogens with zero attached hydrogens (tertiary/aromatic N) is 1. The third-order valence-electron chi connectivity index (χ3n) is 4.00. The number of pyridine rings is 1. The minimum Gasteiger partial charge on any atom is -0.335 e. The summed E-state index contributed by atoms with van der Waals surface area (Å²) in [6.07, 6.45) is 4.89. The maximum Gasteiger partial charge on any atom is 1.00 e. The van der Waals surface area contributed by atoms with Gasteiger partial charge in [0.05, 0.1) is 5.91 Å². The molecule has 3 rings (SSSR count). The van der Waals surface area contributed by atoms with Gasteiger partial charge in [0.25, 0.3) is 5.24 Å². The quantitative estimate of drug-likeness (QED) is 0.291. The molecule has 0 saturated carbocycles. The van der Waals surface area contributed by atoms with E-state index < -0.39 is 11.9 Å². The van der Waals surface area contributed by atoms with Crippen molar-refractivity contribution in [3.05, 3.63) is 36.5 Å². The third-order valence-corrected chi connectivity index (χ3v) is 4.67. The van der Waals surface area contributed by atoms with E-state index in [9.17, 15) is 24.0 Å². The fraction of sp³-hybridized carbons (Fsp3) is 0.560. The molecule has 2 aliphatic heterocycles. The van der Waals surface area contributed by atoms with E-state index in [-0.39, 0.29) is 80.8 Å². The molecular weight excluding hydrogens is 507 g/mol. The first-order valence-corrected chi connectivity index (χ1v) is 13.0. The number of carbonyl (C=O) groups excluding carboxylic acids is 5. The van der Waals surface area contributed by atoms with Crippen LogP contribution < -0.4 is 67.3 Å². The summed E-state index contributed by atoms with van der Waals surface area (Å²) in [5, 5.41) is 6.65. The predicted molar refractivity (Wildman–Crippen MR) is 139 cm³/mol. The van der Waals surface area contributed by atoms with Crippen molar-refractivity contribution in [1.82, 2.24) is 20.9 Å². The van der Waals surface area contributed by atoms with Crippen molar-refractivity contribution < 1.29 is 75.4 Å². The number of amides is 5. The zero-order valence-electron chi connectivity index (χ0n) is 22.9. The largest absolute Gasteiger partial charge is 1.00 e. The van der Waals surface area contributed by atoms with E-state index in [0.29, 0.717) is 30.9 Å². The number of hydrogen-bond acceptors (Lipinski definition) is 7. The van der Waals surface area contributed by atoms with Gasteiger partial charge in [0.15, 0.2) is 0 Å². The number of carbonyl (C=O) groups is 5. The Bertz CT molecular complexity index is 765. The zero-order valence-corrected chi connectivity index (χ0v) is 26.8. The molecule has 0 aromatic carbocycles. The summed E-state index contributed by atoms with van der Waals surface area (Å²) in [5.41, 5.74) is 1.13.